The molecule has 0 unspecified atom stereocenters. The molecule has 0 amide bonds. The quantitative estimate of drug-likeness (QED) is 0.846. The van der Waals surface area contributed by atoms with Crippen LogP contribution in [0.3, 0.4) is 0 Å². The van der Waals surface area contributed by atoms with Crippen molar-refractivity contribution in [2.24, 2.45) is 5.73 Å². The van der Waals surface area contributed by atoms with Gasteiger partial charge in [0, 0.05) is 16.9 Å². The average molecular weight is 290 g/mol. The Morgan fingerprint density at radius 1 is 1.20 bits per heavy atom. The van der Waals surface area contributed by atoms with Gasteiger partial charge in [0.2, 0.25) is 0 Å². The molecule has 2 aromatic rings. The molecule has 0 radical (unpaired) electrons. The summed E-state index contributed by atoms with van der Waals surface area (Å²) in [6.07, 6.45) is 0. The normalized spacial score (nSPS) is 10.2. The van der Waals surface area contributed by atoms with Gasteiger partial charge < -0.3 is 15.8 Å². The van der Waals surface area contributed by atoms with Crippen LogP contribution in [-0.4, -0.2) is 12.1 Å². The second kappa shape index (κ2) is 5.88. The van der Waals surface area contributed by atoms with Gasteiger partial charge in [-0.25, -0.2) is 4.39 Å². The first-order valence-corrected chi connectivity index (χ1v) is 6.43. The molecule has 0 atom stereocenters. The van der Waals surface area contributed by atoms with E-state index in [0.717, 1.165) is 17.0 Å². The fourth-order valence-corrected chi connectivity index (χ4v) is 2.05. The summed E-state index contributed by atoms with van der Waals surface area (Å²) in [5.74, 6) is 0.409. The zero-order chi connectivity index (χ0) is 14.7. The number of halogens is 1. The second-order valence-corrected chi connectivity index (χ2v) is 4.80. The molecule has 0 spiro atoms. The van der Waals surface area contributed by atoms with E-state index in [9.17, 15) is 4.39 Å². The van der Waals surface area contributed by atoms with Crippen molar-refractivity contribution in [2.45, 2.75) is 6.92 Å². The molecule has 0 aliphatic heterocycles. The Kier molecular flexibility index (Phi) is 4.20. The van der Waals surface area contributed by atoms with Crippen molar-refractivity contribution in [3.63, 3.8) is 0 Å². The van der Waals surface area contributed by atoms with Crippen molar-refractivity contribution in [2.75, 3.05) is 12.4 Å². The van der Waals surface area contributed by atoms with Crippen molar-refractivity contribution in [1.29, 1.82) is 0 Å². The lowest BCUT2D eigenvalue weighted by atomic mass is 10.1. The van der Waals surface area contributed by atoms with E-state index in [2.05, 4.69) is 5.32 Å². The van der Waals surface area contributed by atoms with Crippen LogP contribution >= 0.6 is 12.2 Å². The fraction of sp³-hybridized carbons (Fsp3) is 0.133. The molecule has 104 valence electrons. The molecule has 0 bridgehead atoms. The SMILES string of the molecule is COc1ccc(Nc2ccc(F)cc2C(N)=S)c(C)c1. The largest absolute Gasteiger partial charge is 0.497 e. The zero-order valence-electron chi connectivity index (χ0n) is 11.2. The van der Waals surface area contributed by atoms with Crippen molar-refractivity contribution >= 4 is 28.6 Å². The smallest absolute Gasteiger partial charge is 0.124 e. The van der Waals surface area contributed by atoms with Crippen LogP contribution in [0.2, 0.25) is 0 Å². The summed E-state index contributed by atoms with van der Waals surface area (Å²) in [6.45, 7) is 1.95. The van der Waals surface area contributed by atoms with Gasteiger partial charge in [-0.05, 0) is 48.9 Å². The van der Waals surface area contributed by atoms with Crippen LogP contribution in [0.25, 0.3) is 0 Å². The Bertz CT molecular complexity index is 658. The van der Waals surface area contributed by atoms with Gasteiger partial charge in [-0.2, -0.15) is 0 Å². The zero-order valence-corrected chi connectivity index (χ0v) is 12.1. The Balaban J connectivity index is 2.37. The van der Waals surface area contributed by atoms with E-state index >= 15 is 0 Å². The minimum atomic E-state index is -0.371. The second-order valence-electron chi connectivity index (χ2n) is 4.36. The lowest BCUT2D eigenvalue weighted by Crippen LogP contribution is -2.12. The number of anilines is 2. The number of benzene rings is 2. The van der Waals surface area contributed by atoms with Crippen LogP contribution in [0.15, 0.2) is 36.4 Å². The van der Waals surface area contributed by atoms with Crippen LogP contribution in [0.4, 0.5) is 15.8 Å². The van der Waals surface area contributed by atoms with Crippen LogP contribution in [0.1, 0.15) is 11.1 Å². The number of hydrogen-bond acceptors (Lipinski definition) is 3. The summed E-state index contributed by atoms with van der Waals surface area (Å²) < 4.78 is 18.4. The summed E-state index contributed by atoms with van der Waals surface area (Å²) >= 11 is 4.95. The van der Waals surface area contributed by atoms with Gasteiger partial charge in [-0.15, -0.1) is 0 Å². The summed E-state index contributed by atoms with van der Waals surface area (Å²) in [7, 11) is 1.62. The minimum Gasteiger partial charge on any atom is -0.497 e. The number of methoxy groups -OCH3 is 1. The van der Waals surface area contributed by atoms with Gasteiger partial charge in [0.25, 0.3) is 0 Å². The molecule has 0 saturated carbocycles. The number of thiocarbonyl (C=S) groups is 1. The Hall–Kier alpha value is -2.14. The molecule has 0 aliphatic carbocycles. The monoisotopic (exact) mass is 290 g/mol. The average Bonchev–Trinajstić information content (AvgIpc) is 2.42. The molecule has 0 aliphatic rings. The van der Waals surface area contributed by atoms with E-state index in [1.54, 1.807) is 13.2 Å². The molecule has 2 rings (SSSR count). The Morgan fingerprint density at radius 3 is 2.50 bits per heavy atom. The van der Waals surface area contributed by atoms with Gasteiger partial charge in [-0.3, -0.25) is 0 Å². The Morgan fingerprint density at radius 2 is 1.90 bits per heavy atom. The number of hydrogen-bond donors (Lipinski definition) is 2. The first-order chi connectivity index (χ1) is 9.51. The molecule has 2 aromatic carbocycles. The van der Waals surface area contributed by atoms with E-state index in [1.165, 1.54) is 12.1 Å². The van der Waals surface area contributed by atoms with Crippen LogP contribution in [0, 0.1) is 12.7 Å². The van der Waals surface area contributed by atoms with Gasteiger partial charge in [0.15, 0.2) is 0 Å². The number of aryl methyl sites for hydroxylation is 1. The Labute approximate surface area is 122 Å². The third-order valence-corrected chi connectivity index (χ3v) is 3.17. The molecule has 5 heteroatoms. The summed E-state index contributed by atoms with van der Waals surface area (Å²) in [5, 5.41) is 3.21. The van der Waals surface area contributed by atoms with E-state index in [-0.39, 0.29) is 10.8 Å². The van der Waals surface area contributed by atoms with Gasteiger partial charge >= 0.3 is 0 Å². The topological polar surface area (TPSA) is 47.3 Å². The van der Waals surface area contributed by atoms with Crippen molar-refractivity contribution < 1.29 is 9.13 Å². The molecule has 0 heterocycles. The van der Waals surface area contributed by atoms with Gasteiger partial charge in [0.05, 0.1) is 7.11 Å². The number of ether oxygens (including phenoxy) is 1. The predicted octanol–water partition coefficient (Wildman–Crippen LogP) is 3.52. The molecule has 0 aromatic heterocycles. The highest BCUT2D eigenvalue weighted by Crippen LogP contribution is 2.27. The van der Waals surface area contributed by atoms with Gasteiger partial charge in [-0.1, -0.05) is 12.2 Å². The van der Waals surface area contributed by atoms with Crippen molar-refractivity contribution in [3.05, 3.63) is 53.3 Å². The third-order valence-electron chi connectivity index (χ3n) is 2.95. The molecule has 0 saturated heterocycles. The van der Waals surface area contributed by atoms with E-state index in [1.807, 2.05) is 25.1 Å². The standard InChI is InChI=1S/C15H15FN2OS/c1-9-7-11(19-2)4-6-13(9)18-14-5-3-10(16)8-12(14)15(17)20/h3-8,18H,1-2H3,(H2,17,20). The molecular formula is C15H15FN2OS. The predicted molar refractivity (Wildman–Crippen MR) is 83.3 cm³/mol. The first-order valence-electron chi connectivity index (χ1n) is 6.02. The number of nitrogens with two attached hydrogens (primary N) is 1. The lowest BCUT2D eigenvalue weighted by Gasteiger charge is -2.14. The van der Waals surface area contributed by atoms with E-state index in [0.29, 0.717) is 11.3 Å². The molecule has 3 N–H and O–H groups in total. The van der Waals surface area contributed by atoms with Crippen LogP contribution in [0.5, 0.6) is 5.75 Å². The summed E-state index contributed by atoms with van der Waals surface area (Å²) in [4.78, 5) is 0.151. The third kappa shape index (κ3) is 3.05. The maximum Gasteiger partial charge on any atom is 0.124 e. The maximum atomic E-state index is 13.3. The number of nitrogens with one attached hydrogen (secondary N) is 1. The van der Waals surface area contributed by atoms with E-state index in [4.69, 9.17) is 22.7 Å². The van der Waals surface area contributed by atoms with Crippen LogP contribution < -0.4 is 15.8 Å². The van der Waals surface area contributed by atoms with Crippen molar-refractivity contribution in [1.82, 2.24) is 0 Å². The molecule has 3 nitrogen and oxygen atoms in total. The maximum absolute atomic E-state index is 13.3. The summed E-state index contributed by atoms with van der Waals surface area (Å²) in [5.41, 5.74) is 8.67. The molecule has 20 heavy (non-hydrogen) atoms. The highest BCUT2D eigenvalue weighted by atomic mass is 32.1. The highest BCUT2D eigenvalue weighted by Gasteiger charge is 2.08. The highest BCUT2D eigenvalue weighted by molar-refractivity contribution is 7.80. The molecule has 0 fully saturated rings. The van der Waals surface area contributed by atoms with E-state index < -0.39 is 0 Å². The van der Waals surface area contributed by atoms with Gasteiger partial charge in [0.1, 0.15) is 16.6 Å². The first kappa shape index (κ1) is 14.3. The van der Waals surface area contributed by atoms with Crippen molar-refractivity contribution in [3.8, 4) is 5.75 Å². The lowest BCUT2D eigenvalue weighted by molar-refractivity contribution is 0.414. The number of rotatable bonds is 4. The van der Waals surface area contributed by atoms with Crippen LogP contribution in [-0.2, 0) is 0 Å². The fourth-order valence-electron chi connectivity index (χ4n) is 1.88. The summed E-state index contributed by atoms with van der Waals surface area (Å²) in [6, 6.07) is 9.95. The minimum absolute atomic E-state index is 0.151. The molecular weight excluding hydrogens is 275 g/mol.